The number of imide groups is 1. The first kappa shape index (κ1) is 21.7. The molecule has 0 fully saturated rings. The number of para-hydroxylation sites is 1. The Morgan fingerprint density at radius 3 is 2.00 bits per heavy atom. The van der Waals surface area contributed by atoms with Crippen molar-refractivity contribution in [1.29, 1.82) is 0 Å². The molecule has 4 rings (SSSR count). The molecular weight excluding hydrogens is 426 g/mol. The van der Waals surface area contributed by atoms with Gasteiger partial charge in [-0.1, -0.05) is 55.8 Å². The second kappa shape index (κ2) is 9.28. The van der Waals surface area contributed by atoms with Crippen LogP contribution in [0.4, 0.5) is 5.69 Å². The lowest BCUT2D eigenvalue weighted by Gasteiger charge is -2.15. The molecule has 0 saturated carbocycles. The average molecular weight is 448 g/mol. The summed E-state index contributed by atoms with van der Waals surface area (Å²) < 4.78 is 11.5. The maximum Gasteiger partial charge on any atom is 0.277 e. The molecule has 0 N–H and O–H groups in total. The molecule has 0 spiro atoms. The molecular formula is C26H22ClNO4. The van der Waals surface area contributed by atoms with Crippen LogP contribution in [-0.4, -0.2) is 18.4 Å². The molecule has 0 atom stereocenters. The molecule has 1 aliphatic heterocycles. The van der Waals surface area contributed by atoms with Gasteiger partial charge in [-0.2, -0.15) is 0 Å². The van der Waals surface area contributed by atoms with Crippen LogP contribution in [0.2, 0.25) is 0 Å². The highest BCUT2D eigenvalue weighted by Crippen LogP contribution is 2.36. The van der Waals surface area contributed by atoms with E-state index in [4.69, 9.17) is 21.1 Å². The summed E-state index contributed by atoms with van der Waals surface area (Å²) in [4.78, 5) is 27.0. The number of amides is 2. The predicted octanol–water partition coefficient (Wildman–Crippen LogP) is 6.04. The second-order valence-corrected chi connectivity index (χ2v) is 8.15. The van der Waals surface area contributed by atoms with Gasteiger partial charge in [0.25, 0.3) is 11.8 Å². The fourth-order valence-electron chi connectivity index (χ4n) is 3.26. The molecule has 3 aromatic carbocycles. The maximum absolute atomic E-state index is 13.1. The number of anilines is 1. The van der Waals surface area contributed by atoms with Crippen LogP contribution < -0.4 is 14.4 Å². The summed E-state index contributed by atoms with van der Waals surface area (Å²) in [5.41, 5.74) is 1.17. The molecule has 3 aromatic rings. The van der Waals surface area contributed by atoms with Crippen molar-refractivity contribution in [2.24, 2.45) is 5.92 Å². The Bertz CT molecular complexity index is 1150. The summed E-state index contributed by atoms with van der Waals surface area (Å²) in [5.74, 6) is 1.37. The minimum absolute atomic E-state index is 0.101. The summed E-state index contributed by atoms with van der Waals surface area (Å²) in [6.45, 7) is 4.73. The highest BCUT2D eigenvalue weighted by Gasteiger charge is 2.39. The van der Waals surface area contributed by atoms with Gasteiger partial charge in [-0.05, 0) is 60.0 Å². The van der Waals surface area contributed by atoms with E-state index in [9.17, 15) is 9.59 Å². The SMILES string of the molecule is CC(C)COc1ccc(C2=C(Cl)C(=O)N(c3ccc(Oc4ccccc4)cc3)C2=O)cc1. The Morgan fingerprint density at radius 2 is 1.38 bits per heavy atom. The van der Waals surface area contributed by atoms with Gasteiger partial charge in [0, 0.05) is 0 Å². The minimum atomic E-state index is -0.552. The summed E-state index contributed by atoms with van der Waals surface area (Å²) >= 11 is 6.30. The van der Waals surface area contributed by atoms with Crippen LogP contribution in [0.15, 0.2) is 83.9 Å². The van der Waals surface area contributed by atoms with E-state index in [1.165, 1.54) is 0 Å². The molecule has 6 heteroatoms. The van der Waals surface area contributed by atoms with Crippen molar-refractivity contribution in [1.82, 2.24) is 0 Å². The molecule has 1 aliphatic rings. The monoisotopic (exact) mass is 447 g/mol. The average Bonchev–Trinajstić information content (AvgIpc) is 3.02. The van der Waals surface area contributed by atoms with E-state index >= 15 is 0 Å². The van der Waals surface area contributed by atoms with Crippen LogP contribution in [0.25, 0.3) is 5.57 Å². The predicted molar refractivity (Wildman–Crippen MR) is 125 cm³/mol. The van der Waals surface area contributed by atoms with Crippen LogP contribution in [-0.2, 0) is 9.59 Å². The third-order valence-corrected chi connectivity index (χ3v) is 5.18. The summed E-state index contributed by atoms with van der Waals surface area (Å²) in [7, 11) is 0. The van der Waals surface area contributed by atoms with Gasteiger partial charge in [-0.3, -0.25) is 9.59 Å². The van der Waals surface area contributed by atoms with Gasteiger partial charge in [0.2, 0.25) is 0 Å². The molecule has 2 amide bonds. The maximum atomic E-state index is 13.1. The number of halogens is 1. The fraction of sp³-hybridized carbons (Fsp3) is 0.154. The lowest BCUT2D eigenvalue weighted by atomic mass is 10.1. The molecule has 0 radical (unpaired) electrons. The number of hydrogen-bond donors (Lipinski definition) is 0. The normalized spacial score (nSPS) is 13.8. The Hall–Kier alpha value is -3.57. The van der Waals surface area contributed by atoms with Gasteiger partial charge < -0.3 is 9.47 Å². The molecule has 1 heterocycles. The Morgan fingerprint density at radius 1 is 0.781 bits per heavy atom. The number of ether oxygens (including phenoxy) is 2. The van der Waals surface area contributed by atoms with Crippen molar-refractivity contribution in [3.63, 3.8) is 0 Å². The van der Waals surface area contributed by atoms with Gasteiger partial charge in [0.1, 0.15) is 22.3 Å². The van der Waals surface area contributed by atoms with E-state index < -0.39 is 11.8 Å². The molecule has 5 nitrogen and oxygen atoms in total. The van der Waals surface area contributed by atoms with Crippen molar-refractivity contribution in [2.45, 2.75) is 13.8 Å². The van der Waals surface area contributed by atoms with Crippen LogP contribution >= 0.6 is 11.6 Å². The van der Waals surface area contributed by atoms with E-state index in [1.54, 1.807) is 48.5 Å². The Balaban J connectivity index is 1.51. The van der Waals surface area contributed by atoms with Crippen molar-refractivity contribution in [3.8, 4) is 17.2 Å². The smallest absolute Gasteiger partial charge is 0.277 e. The first-order valence-electron chi connectivity index (χ1n) is 10.3. The standard InChI is InChI=1S/C26H22ClNO4/c1-17(2)16-31-20-12-8-18(9-13-20)23-24(27)26(30)28(25(23)29)19-10-14-22(15-11-19)32-21-6-4-3-5-7-21/h3-15,17H,16H2,1-2H3. The number of rotatable bonds is 7. The molecule has 0 aliphatic carbocycles. The molecule has 0 unspecified atom stereocenters. The number of benzene rings is 3. The Labute approximate surface area is 191 Å². The Kier molecular flexibility index (Phi) is 6.28. The van der Waals surface area contributed by atoms with E-state index in [1.807, 2.05) is 30.3 Å². The summed E-state index contributed by atoms with van der Waals surface area (Å²) in [6, 6.07) is 23.1. The van der Waals surface area contributed by atoms with Crippen molar-refractivity contribution < 1.29 is 19.1 Å². The van der Waals surface area contributed by atoms with Crippen molar-refractivity contribution >= 4 is 34.7 Å². The van der Waals surface area contributed by atoms with Gasteiger partial charge in [0.15, 0.2) is 0 Å². The van der Waals surface area contributed by atoms with E-state index in [0.29, 0.717) is 41.0 Å². The number of carbonyl (C=O) groups is 2. The molecule has 0 saturated heterocycles. The topological polar surface area (TPSA) is 55.8 Å². The minimum Gasteiger partial charge on any atom is -0.493 e. The first-order chi connectivity index (χ1) is 15.4. The highest BCUT2D eigenvalue weighted by molar-refractivity contribution is 6.60. The molecule has 162 valence electrons. The lowest BCUT2D eigenvalue weighted by molar-refractivity contribution is -0.119. The lowest BCUT2D eigenvalue weighted by Crippen LogP contribution is -2.31. The largest absolute Gasteiger partial charge is 0.493 e. The third-order valence-electron chi connectivity index (χ3n) is 4.83. The van der Waals surface area contributed by atoms with Crippen LogP contribution in [0.3, 0.4) is 0 Å². The number of nitrogens with zero attached hydrogens (tertiary/aromatic N) is 1. The van der Waals surface area contributed by atoms with Crippen molar-refractivity contribution in [3.05, 3.63) is 89.5 Å². The quantitative estimate of drug-likeness (QED) is 0.414. The number of carbonyl (C=O) groups excluding carboxylic acids is 2. The van der Waals surface area contributed by atoms with Gasteiger partial charge in [-0.15, -0.1) is 0 Å². The molecule has 0 bridgehead atoms. The first-order valence-corrected chi connectivity index (χ1v) is 10.7. The van der Waals surface area contributed by atoms with Gasteiger partial charge >= 0.3 is 0 Å². The third kappa shape index (κ3) is 4.53. The second-order valence-electron chi connectivity index (χ2n) is 7.77. The van der Waals surface area contributed by atoms with E-state index in [2.05, 4.69) is 13.8 Å². The van der Waals surface area contributed by atoms with Gasteiger partial charge in [0.05, 0.1) is 17.9 Å². The van der Waals surface area contributed by atoms with Crippen LogP contribution in [0, 0.1) is 5.92 Å². The van der Waals surface area contributed by atoms with Gasteiger partial charge in [-0.25, -0.2) is 4.90 Å². The number of hydrogen-bond acceptors (Lipinski definition) is 4. The van der Waals surface area contributed by atoms with Crippen LogP contribution in [0.5, 0.6) is 17.2 Å². The zero-order chi connectivity index (χ0) is 22.7. The zero-order valence-corrected chi connectivity index (χ0v) is 18.5. The van der Waals surface area contributed by atoms with Crippen molar-refractivity contribution in [2.75, 3.05) is 11.5 Å². The molecule has 0 aromatic heterocycles. The fourth-order valence-corrected chi connectivity index (χ4v) is 3.53. The molecule has 32 heavy (non-hydrogen) atoms. The van der Waals surface area contributed by atoms with E-state index in [-0.39, 0.29) is 10.6 Å². The highest BCUT2D eigenvalue weighted by atomic mass is 35.5. The van der Waals surface area contributed by atoms with Crippen LogP contribution in [0.1, 0.15) is 19.4 Å². The summed E-state index contributed by atoms with van der Waals surface area (Å²) in [5, 5.41) is -0.101. The zero-order valence-electron chi connectivity index (χ0n) is 17.7. The summed E-state index contributed by atoms with van der Waals surface area (Å²) in [6.07, 6.45) is 0. The van der Waals surface area contributed by atoms with E-state index in [0.717, 1.165) is 4.90 Å².